The number of fused-ring (bicyclic) bond motifs is 1. The second-order valence-electron chi connectivity index (χ2n) is 3.79. The zero-order valence-corrected chi connectivity index (χ0v) is 11.1. The van der Waals surface area contributed by atoms with Crippen LogP contribution in [0, 0.1) is 0 Å². The quantitative estimate of drug-likeness (QED) is 0.666. The zero-order chi connectivity index (χ0) is 13.2. The van der Waals surface area contributed by atoms with Gasteiger partial charge in [0.15, 0.2) is 0 Å². The molecule has 0 heterocycles. The van der Waals surface area contributed by atoms with Crippen LogP contribution in [0.3, 0.4) is 0 Å². The molecule has 0 bridgehead atoms. The molecule has 0 saturated heterocycles. The summed E-state index contributed by atoms with van der Waals surface area (Å²) in [5, 5.41) is 1.34. The van der Waals surface area contributed by atoms with E-state index in [1.54, 1.807) is 36.4 Å². The molecule has 0 aliphatic heterocycles. The van der Waals surface area contributed by atoms with Crippen LogP contribution in [-0.4, -0.2) is 20.8 Å². The first-order valence-corrected chi connectivity index (χ1v) is 7.41. The van der Waals surface area contributed by atoms with Gasteiger partial charge in [-0.1, -0.05) is 24.3 Å². The van der Waals surface area contributed by atoms with E-state index in [4.69, 9.17) is 17.3 Å². The minimum atomic E-state index is -3.56. The number of nitrogens with two attached hydrogens (primary N) is 1. The Morgan fingerprint density at radius 3 is 2.50 bits per heavy atom. The van der Waals surface area contributed by atoms with E-state index in [2.05, 4.69) is 4.72 Å². The number of nitrogen functional groups attached to an aromatic ring is 1. The number of alkyl halides is 1. The maximum Gasteiger partial charge on any atom is 0.241 e. The summed E-state index contributed by atoms with van der Waals surface area (Å²) < 4.78 is 26.6. The Kier molecular flexibility index (Phi) is 3.75. The number of rotatable bonds is 4. The van der Waals surface area contributed by atoms with Crippen molar-refractivity contribution in [1.82, 2.24) is 4.72 Å². The van der Waals surface area contributed by atoms with Crippen LogP contribution in [0.5, 0.6) is 0 Å². The Morgan fingerprint density at radius 2 is 1.78 bits per heavy atom. The number of nitrogens with one attached hydrogen (secondary N) is 1. The first-order valence-electron chi connectivity index (χ1n) is 5.39. The summed E-state index contributed by atoms with van der Waals surface area (Å²) >= 11 is 5.49. The summed E-state index contributed by atoms with van der Waals surface area (Å²) in [5.41, 5.74) is 6.39. The molecule has 2 aromatic rings. The molecule has 0 amide bonds. The number of halogens is 1. The Balaban J connectivity index is 2.62. The number of benzene rings is 2. The molecule has 0 aliphatic carbocycles. The minimum Gasteiger partial charge on any atom is -0.398 e. The molecule has 0 atom stereocenters. The van der Waals surface area contributed by atoms with Crippen molar-refractivity contribution in [1.29, 1.82) is 0 Å². The summed E-state index contributed by atoms with van der Waals surface area (Å²) in [6, 6.07) is 10.2. The number of sulfonamides is 1. The van der Waals surface area contributed by atoms with E-state index >= 15 is 0 Å². The molecule has 0 unspecified atom stereocenters. The highest BCUT2D eigenvalue weighted by Gasteiger charge is 2.16. The summed E-state index contributed by atoms with van der Waals surface area (Å²) in [6.45, 7) is 0.197. The zero-order valence-electron chi connectivity index (χ0n) is 9.56. The number of hydrogen-bond donors (Lipinski definition) is 2. The molecule has 0 fully saturated rings. The van der Waals surface area contributed by atoms with Crippen LogP contribution >= 0.6 is 11.6 Å². The molecular weight excluding hydrogens is 272 g/mol. The van der Waals surface area contributed by atoms with Crippen molar-refractivity contribution in [2.24, 2.45) is 0 Å². The molecule has 0 saturated carbocycles. The third kappa shape index (κ3) is 2.43. The van der Waals surface area contributed by atoms with Crippen LogP contribution in [0.25, 0.3) is 10.8 Å². The lowest BCUT2D eigenvalue weighted by Gasteiger charge is -2.09. The maximum atomic E-state index is 12.1. The predicted molar refractivity (Wildman–Crippen MR) is 74.3 cm³/mol. The standard InChI is InChI=1S/C12H13ClN2O2S/c13-7-8-15-18(16,17)12-6-2-3-9-10(12)4-1-5-11(9)14/h1-6,15H,7-8,14H2. The summed E-state index contributed by atoms with van der Waals surface area (Å²) in [7, 11) is -3.56. The van der Waals surface area contributed by atoms with Crippen LogP contribution in [0.1, 0.15) is 0 Å². The second kappa shape index (κ2) is 5.14. The Hall–Kier alpha value is -1.30. The fourth-order valence-electron chi connectivity index (χ4n) is 1.79. The van der Waals surface area contributed by atoms with Crippen molar-refractivity contribution < 1.29 is 8.42 Å². The van der Waals surface area contributed by atoms with Gasteiger partial charge in [-0.3, -0.25) is 0 Å². The van der Waals surface area contributed by atoms with Crippen molar-refractivity contribution in [3.8, 4) is 0 Å². The molecule has 0 aromatic heterocycles. The minimum absolute atomic E-state index is 0.197. The molecule has 4 nitrogen and oxygen atoms in total. The lowest BCUT2D eigenvalue weighted by atomic mass is 10.1. The van der Waals surface area contributed by atoms with Gasteiger partial charge in [0, 0.05) is 28.9 Å². The van der Waals surface area contributed by atoms with E-state index in [9.17, 15) is 8.42 Å². The van der Waals surface area contributed by atoms with Gasteiger partial charge in [0.2, 0.25) is 10.0 Å². The molecule has 0 spiro atoms. The van der Waals surface area contributed by atoms with Gasteiger partial charge in [-0.05, 0) is 12.1 Å². The highest BCUT2D eigenvalue weighted by atomic mass is 35.5. The van der Waals surface area contributed by atoms with Crippen LogP contribution in [-0.2, 0) is 10.0 Å². The fourth-order valence-corrected chi connectivity index (χ4v) is 3.25. The van der Waals surface area contributed by atoms with E-state index in [-0.39, 0.29) is 17.3 Å². The van der Waals surface area contributed by atoms with Gasteiger partial charge in [0.25, 0.3) is 0 Å². The van der Waals surface area contributed by atoms with E-state index in [1.165, 1.54) is 0 Å². The van der Waals surface area contributed by atoms with E-state index < -0.39 is 10.0 Å². The number of anilines is 1. The maximum absolute atomic E-state index is 12.1. The highest BCUT2D eigenvalue weighted by Crippen LogP contribution is 2.26. The molecule has 2 aromatic carbocycles. The predicted octanol–water partition coefficient (Wildman–Crippen LogP) is 1.94. The van der Waals surface area contributed by atoms with Gasteiger partial charge in [-0.15, -0.1) is 11.6 Å². The van der Waals surface area contributed by atoms with Crippen LogP contribution in [0.15, 0.2) is 41.3 Å². The van der Waals surface area contributed by atoms with Gasteiger partial charge in [0.05, 0.1) is 4.90 Å². The smallest absolute Gasteiger partial charge is 0.241 e. The van der Waals surface area contributed by atoms with Crippen LogP contribution < -0.4 is 10.5 Å². The molecule has 2 rings (SSSR count). The van der Waals surface area contributed by atoms with Gasteiger partial charge in [0.1, 0.15) is 0 Å². The fraction of sp³-hybridized carbons (Fsp3) is 0.167. The van der Waals surface area contributed by atoms with Gasteiger partial charge in [-0.25, -0.2) is 13.1 Å². The normalized spacial score (nSPS) is 11.8. The average Bonchev–Trinajstić information content (AvgIpc) is 2.36. The van der Waals surface area contributed by atoms with E-state index in [0.717, 1.165) is 5.39 Å². The summed E-state index contributed by atoms with van der Waals surface area (Å²) in [4.78, 5) is 0.220. The van der Waals surface area contributed by atoms with Crippen molar-refractivity contribution in [2.45, 2.75) is 4.90 Å². The monoisotopic (exact) mass is 284 g/mol. The SMILES string of the molecule is Nc1cccc2c(S(=O)(=O)NCCCl)cccc12. The van der Waals surface area contributed by atoms with Gasteiger partial charge in [-0.2, -0.15) is 0 Å². The first-order chi connectivity index (χ1) is 8.56. The largest absolute Gasteiger partial charge is 0.398 e. The molecule has 0 aliphatic rings. The Labute approximate surface area is 111 Å². The number of hydrogen-bond acceptors (Lipinski definition) is 3. The molecule has 96 valence electrons. The Morgan fingerprint density at radius 1 is 1.11 bits per heavy atom. The van der Waals surface area contributed by atoms with Crippen LogP contribution in [0.4, 0.5) is 5.69 Å². The van der Waals surface area contributed by atoms with Crippen molar-refractivity contribution in [2.75, 3.05) is 18.2 Å². The van der Waals surface area contributed by atoms with Crippen molar-refractivity contribution in [3.05, 3.63) is 36.4 Å². The third-order valence-corrected chi connectivity index (χ3v) is 4.30. The van der Waals surface area contributed by atoms with Gasteiger partial charge < -0.3 is 5.73 Å². The molecule has 0 radical (unpaired) electrons. The second-order valence-corrected chi connectivity index (χ2v) is 5.90. The van der Waals surface area contributed by atoms with E-state index in [0.29, 0.717) is 11.1 Å². The molecule has 6 heteroatoms. The summed E-state index contributed by atoms with van der Waals surface area (Å²) in [5.74, 6) is 0.228. The third-order valence-electron chi connectivity index (χ3n) is 2.59. The van der Waals surface area contributed by atoms with E-state index in [1.807, 2.05) is 0 Å². The van der Waals surface area contributed by atoms with Crippen LogP contribution in [0.2, 0.25) is 0 Å². The highest BCUT2D eigenvalue weighted by molar-refractivity contribution is 7.89. The Bertz CT molecular complexity index is 671. The first kappa shape index (κ1) is 13.1. The molecular formula is C12H13ClN2O2S. The topological polar surface area (TPSA) is 72.2 Å². The summed E-state index contributed by atoms with van der Waals surface area (Å²) in [6.07, 6.45) is 0. The van der Waals surface area contributed by atoms with Crippen molar-refractivity contribution in [3.63, 3.8) is 0 Å². The molecule has 3 N–H and O–H groups in total. The van der Waals surface area contributed by atoms with Crippen molar-refractivity contribution >= 4 is 38.1 Å². The average molecular weight is 285 g/mol. The molecule has 18 heavy (non-hydrogen) atoms. The van der Waals surface area contributed by atoms with Gasteiger partial charge >= 0.3 is 0 Å². The lowest BCUT2D eigenvalue weighted by Crippen LogP contribution is -2.25. The lowest BCUT2D eigenvalue weighted by molar-refractivity contribution is 0.585.